The van der Waals surface area contributed by atoms with Gasteiger partial charge in [-0.2, -0.15) is 0 Å². The van der Waals surface area contributed by atoms with Crippen LogP contribution in [0.3, 0.4) is 0 Å². The second-order valence-corrected chi connectivity index (χ2v) is 4.98. The molecule has 0 amide bonds. The molecule has 76 valence electrons. The average Bonchev–Trinajstić information content (AvgIpc) is 2.70. The number of carboxylic acid groups (broad SMARTS) is 1. The fourth-order valence-corrected chi connectivity index (χ4v) is 2.93. The van der Waals surface area contributed by atoms with Gasteiger partial charge in [-0.05, 0) is 19.1 Å². The fourth-order valence-electron chi connectivity index (χ4n) is 1.89. The molecule has 1 aliphatic rings. The molecule has 3 nitrogen and oxygen atoms in total. The first-order chi connectivity index (χ1) is 6.68. The van der Waals surface area contributed by atoms with Crippen molar-refractivity contribution in [1.82, 2.24) is 5.32 Å². The highest BCUT2D eigenvalue weighted by Gasteiger charge is 2.34. The SMILES string of the molecule is Cc1ccc([C@H]2CNC[C@H]2C(=O)O)s1. The van der Waals surface area contributed by atoms with Crippen LogP contribution in [0.25, 0.3) is 0 Å². The average molecular weight is 211 g/mol. The van der Waals surface area contributed by atoms with Gasteiger partial charge in [0.15, 0.2) is 0 Å². The lowest BCUT2D eigenvalue weighted by Crippen LogP contribution is -2.20. The van der Waals surface area contributed by atoms with Crippen LogP contribution in [0, 0.1) is 12.8 Å². The van der Waals surface area contributed by atoms with E-state index in [9.17, 15) is 4.79 Å². The summed E-state index contributed by atoms with van der Waals surface area (Å²) in [6.45, 7) is 3.43. The van der Waals surface area contributed by atoms with Crippen molar-refractivity contribution >= 4 is 17.3 Å². The molecule has 1 aliphatic heterocycles. The van der Waals surface area contributed by atoms with Crippen molar-refractivity contribution in [2.45, 2.75) is 12.8 Å². The first kappa shape index (κ1) is 9.68. The van der Waals surface area contributed by atoms with Gasteiger partial charge in [-0.1, -0.05) is 0 Å². The van der Waals surface area contributed by atoms with E-state index in [4.69, 9.17) is 5.11 Å². The number of carboxylic acids is 1. The molecule has 2 rings (SSSR count). The van der Waals surface area contributed by atoms with Crippen molar-refractivity contribution in [3.05, 3.63) is 21.9 Å². The molecule has 0 spiro atoms. The van der Waals surface area contributed by atoms with Crippen molar-refractivity contribution in [2.75, 3.05) is 13.1 Å². The minimum Gasteiger partial charge on any atom is -0.481 e. The Bertz CT molecular complexity index is 348. The van der Waals surface area contributed by atoms with Gasteiger partial charge in [-0.15, -0.1) is 11.3 Å². The van der Waals surface area contributed by atoms with Gasteiger partial charge in [0, 0.05) is 28.8 Å². The molecular formula is C10H13NO2S. The largest absolute Gasteiger partial charge is 0.481 e. The van der Waals surface area contributed by atoms with Crippen molar-refractivity contribution in [3.63, 3.8) is 0 Å². The molecule has 0 unspecified atom stereocenters. The van der Waals surface area contributed by atoms with Crippen LogP contribution in [0.15, 0.2) is 12.1 Å². The monoisotopic (exact) mass is 211 g/mol. The highest BCUT2D eigenvalue weighted by molar-refractivity contribution is 7.12. The molecule has 2 N–H and O–H groups in total. The van der Waals surface area contributed by atoms with E-state index in [2.05, 4.69) is 11.4 Å². The number of thiophene rings is 1. The summed E-state index contributed by atoms with van der Waals surface area (Å²) in [6.07, 6.45) is 0. The zero-order valence-corrected chi connectivity index (χ0v) is 8.80. The fraction of sp³-hybridized carbons (Fsp3) is 0.500. The Morgan fingerprint density at radius 1 is 1.57 bits per heavy atom. The van der Waals surface area contributed by atoms with E-state index in [1.165, 1.54) is 9.75 Å². The van der Waals surface area contributed by atoms with E-state index in [1.807, 2.05) is 13.0 Å². The number of hydrogen-bond donors (Lipinski definition) is 2. The van der Waals surface area contributed by atoms with Crippen LogP contribution in [0.1, 0.15) is 15.7 Å². The minimum atomic E-state index is -0.689. The van der Waals surface area contributed by atoms with Gasteiger partial charge >= 0.3 is 5.97 Å². The van der Waals surface area contributed by atoms with Gasteiger partial charge in [0.25, 0.3) is 0 Å². The van der Waals surface area contributed by atoms with Crippen LogP contribution >= 0.6 is 11.3 Å². The van der Waals surface area contributed by atoms with Gasteiger partial charge in [-0.25, -0.2) is 0 Å². The van der Waals surface area contributed by atoms with Crippen LogP contribution in [-0.4, -0.2) is 24.2 Å². The molecule has 0 aromatic carbocycles. The van der Waals surface area contributed by atoms with E-state index in [0.29, 0.717) is 6.54 Å². The van der Waals surface area contributed by atoms with Gasteiger partial charge < -0.3 is 10.4 Å². The van der Waals surface area contributed by atoms with Gasteiger partial charge in [0.2, 0.25) is 0 Å². The van der Waals surface area contributed by atoms with Crippen LogP contribution < -0.4 is 5.32 Å². The smallest absolute Gasteiger partial charge is 0.308 e. The number of nitrogens with one attached hydrogen (secondary N) is 1. The minimum absolute atomic E-state index is 0.159. The van der Waals surface area contributed by atoms with E-state index in [1.54, 1.807) is 11.3 Å². The molecule has 2 atom stereocenters. The third-order valence-corrected chi connectivity index (χ3v) is 3.79. The molecular weight excluding hydrogens is 198 g/mol. The summed E-state index contributed by atoms with van der Waals surface area (Å²) >= 11 is 1.70. The molecule has 0 aliphatic carbocycles. The van der Waals surface area contributed by atoms with E-state index < -0.39 is 5.97 Å². The highest BCUT2D eigenvalue weighted by atomic mass is 32.1. The van der Waals surface area contributed by atoms with Crippen molar-refractivity contribution in [2.24, 2.45) is 5.92 Å². The first-order valence-corrected chi connectivity index (χ1v) is 5.50. The quantitative estimate of drug-likeness (QED) is 0.778. The second kappa shape index (κ2) is 3.71. The standard InChI is InChI=1S/C10H13NO2S/c1-6-2-3-9(14-6)7-4-11-5-8(7)10(12)13/h2-3,7-8,11H,4-5H2,1H3,(H,12,13)/t7-,8+/m0/s1. The van der Waals surface area contributed by atoms with Crippen LogP contribution in [-0.2, 0) is 4.79 Å². The Hall–Kier alpha value is -0.870. The third-order valence-electron chi connectivity index (χ3n) is 2.66. The summed E-state index contributed by atoms with van der Waals surface area (Å²) in [7, 11) is 0. The lowest BCUT2D eigenvalue weighted by molar-refractivity contribution is -0.141. The van der Waals surface area contributed by atoms with Crippen molar-refractivity contribution in [1.29, 1.82) is 0 Å². The number of hydrogen-bond acceptors (Lipinski definition) is 3. The topological polar surface area (TPSA) is 49.3 Å². The third kappa shape index (κ3) is 1.67. The predicted molar refractivity (Wildman–Crippen MR) is 55.8 cm³/mol. The highest BCUT2D eigenvalue weighted by Crippen LogP contribution is 2.32. The Labute approximate surface area is 86.8 Å². The maximum Gasteiger partial charge on any atom is 0.308 e. The molecule has 2 heterocycles. The molecule has 1 fully saturated rings. The van der Waals surface area contributed by atoms with E-state index in [-0.39, 0.29) is 11.8 Å². The zero-order valence-electron chi connectivity index (χ0n) is 7.99. The summed E-state index contributed by atoms with van der Waals surface area (Å²) in [5.41, 5.74) is 0. The van der Waals surface area contributed by atoms with E-state index >= 15 is 0 Å². The molecule has 1 saturated heterocycles. The second-order valence-electron chi connectivity index (χ2n) is 3.66. The van der Waals surface area contributed by atoms with Crippen molar-refractivity contribution < 1.29 is 9.90 Å². The van der Waals surface area contributed by atoms with Gasteiger partial charge in [0.05, 0.1) is 5.92 Å². The maximum atomic E-state index is 11.0. The molecule has 0 bridgehead atoms. The summed E-state index contributed by atoms with van der Waals surface area (Å²) in [4.78, 5) is 13.4. The first-order valence-electron chi connectivity index (χ1n) is 4.68. The Morgan fingerprint density at radius 3 is 2.93 bits per heavy atom. The zero-order chi connectivity index (χ0) is 10.1. The Morgan fingerprint density at radius 2 is 2.36 bits per heavy atom. The molecule has 14 heavy (non-hydrogen) atoms. The maximum absolute atomic E-state index is 11.0. The molecule has 0 radical (unpaired) electrons. The number of aliphatic carboxylic acids is 1. The molecule has 1 aromatic heterocycles. The lowest BCUT2D eigenvalue weighted by Gasteiger charge is -2.11. The predicted octanol–water partition coefficient (Wildman–Crippen LogP) is 1.44. The Balaban J connectivity index is 2.21. The van der Waals surface area contributed by atoms with Gasteiger partial charge in [-0.3, -0.25) is 4.79 Å². The lowest BCUT2D eigenvalue weighted by atomic mass is 9.95. The van der Waals surface area contributed by atoms with Crippen LogP contribution in [0.4, 0.5) is 0 Å². The number of rotatable bonds is 2. The van der Waals surface area contributed by atoms with Crippen molar-refractivity contribution in [3.8, 4) is 0 Å². The van der Waals surface area contributed by atoms with Gasteiger partial charge in [0.1, 0.15) is 0 Å². The van der Waals surface area contributed by atoms with E-state index in [0.717, 1.165) is 6.54 Å². The van der Waals surface area contributed by atoms with Crippen LogP contribution in [0.5, 0.6) is 0 Å². The molecule has 1 aromatic rings. The number of carbonyl (C=O) groups is 1. The molecule has 4 heteroatoms. The molecule has 0 saturated carbocycles. The summed E-state index contributed by atoms with van der Waals surface area (Å²) in [5.74, 6) is -0.787. The Kier molecular flexibility index (Phi) is 2.56. The summed E-state index contributed by atoms with van der Waals surface area (Å²) in [6, 6.07) is 4.10. The summed E-state index contributed by atoms with van der Waals surface area (Å²) < 4.78 is 0. The summed E-state index contributed by atoms with van der Waals surface area (Å²) in [5, 5.41) is 12.2. The normalized spacial score (nSPS) is 26.6. The number of aryl methyl sites for hydroxylation is 1. The van der Waals surface area contributed by atoms with Crippen LogP contribution in [0.2, 0.25) is 0 Å².